The van der Waals surface area contributed by atoms with Crippen LogP contribution in [0.3, 0.4) is 0 Å². The lowest BCUT2D eigenvalue weighted by Crippen LogP contribution is -2.24. The van der Waals surface area contributed by atoms with Crippen molar-refractivity contribution in [2.45, 2.75) is 32.9 Å². The molecule has 0 bridgehead atoms. The number of amides is 1. The number of thioether (sulfide) groups is 1. The van der Waals surface area contributed by atoms with Gasteiger partial charge in [-0.15, -0.1) is 0 Å². The number of aromatic nitrogens is 4. The van der Waals surface area contributed by atoms with Crippen LogP contribution < -0.4 is 10.9 Å². The van der Waals surface area contributed by atoms with Crippen LogP contribution in [0.4, 0.5) is 5.69 Å². The van der Waals surface area contributed by atoms with Crippen molar-refractivity contribution >= 4 is 45.9 Å². The van der Waals surface area contributed by atoms with E-state index in [-0.39, 0.29) is 17.2 Å². The van der Waals surface area contributed by atoms with E-state index in [0.29, 0.717) is 26.8 Å². The average molecular weight is 482 g/mol. The number of rotatable bonds is 5. The lowest BCUT2D eigenvalue weighted by atomic mass is 10.1. The molecule has 4 aromatic rings. The molecule has 9 heteroatoms. The van der Waals surface area contributed by atoms with Crippen LogP contribution in [0, 0.1) is 27.7 Å². The molecule has 0 saturated heterocycles. The third kappa shape index (κ3) is 4.41. The van der Waals surface area contributed by atoms with Crippen molar-refractivity contribution in [2.75, 3.05) is 11.1 Å². The summed E-state index contributed by atoms with van der Waals surface area (Å²) in [6, 6.07) is 10.8. The summed E-state index contributed by atoms with van der Waals surface area (Å²) >= 11 is 7.35. The molecule has 33 heavy (non-hydrogen) atoms. The molecule has 1 N–H and O–H groups in total. The van der Waals surface area contributed by atoms with Crippen molar-refractivity contribution in [3.05, 3.63) is 74.3 Å². The second-order valence-electron chi connectivity index (χ2n) is 7.92. The van der Waals surface area contributed by atoms with Crippen LogP contribution in [0.2, 0.25) is 5.02 Å². The van der Waals surface area contributed by atoms with Crippen molar-refractivity contribution in [3.8, 4) is 5.69 Å². The SMILES string of the molecule is Cc1cccc(-n2c(SCC(=O)Nc3c(C)nn(C)c3C)nc3cc(Cl)ccc3c2=O)c1C. The largest absolute Gasteiger partial charge is 0.322 e. The molecule has 0 fully saturated rings. The van der Waals surface area contributed by atoms with E-state index in [1.165, 1.54) is 11.8 Å². The van der Waals surface area contributed by atoms with Crippen LogP contribution in [0.5, 0.6) is 0 Å². The quantitative estimate of drug-likeness (QED) is 0.329. The molecule has 0 aliphatic carbocycles. The maximum atomic E-state index is 13.5. The minimum Gasteiger partial charge on any atom is -0.322 e. The molecule has 2 aromatic carbocycles. The first kappa shape index (κ1) is 23.1. The van der Waals surface area contributed by atoms with Gasteiger partial charge in [0.05, 0.1) is 39.4 Å². The summed E-state index contributed by atoms with van der Waals surface area (Å²) in [5.41, 5.74) is 5.40. The Morgan fingerprint density at radius 3 is 2.61 bits per heavy atom. The minimum atomic E-state index is -0.202. The molecule has 0 atom stereocenters. The molecule has 4 rings (SSSR count). The number of halogens is 1. The summed E-state index contributed by atoms with van der Waals surface area (Å²) in [4.78, 5) is 31.0. The van der Waals surface area contributed by atoms with Crippen molar-refractivity contribution in [3.63, 3.8) is 0 Å². The number of anilines is 1. The number of fused-ring (bicyclic) bond motifs is 1. The third-order valence-corrected chi connectivity index (χ3v) is 6.90. The zero-order valence-corrected chi connectivity index (χ0v) is 20.6. The van der Waals surface area contributed by atoms with Gasteiger partial charge < -0.3 is 5.32 Å². The smallest absolute Gasteiger partial charge is 0.266 e. The van der Waals surface area contributed by atoms with E-state index in [4.69, 9.17) is 16.6 Å². The molecule has 0 aliphatic rings. The highest BCUT2D eigenvalue weighted by Crippen LogP contribution is 2.26. The molecule has 1 amide bonds. The molecule has 7 nitrogen and oxygen atoms in total. The summed E-state index contributed by atoms with van der Waals surface area (Å²) in [6.45, 7) is 7.72. The highest BCUT2D eigenvalue weighted by molar-refractivity contribution is 7.99. The van der Waals surface area contributed by atoms with Crippen molar-refractivity contribution in [2.24, 2.45) is 7.05 Å². The van der Waals surface area contributed by atoms with Gasteiger partial charge in [0.1, 0.15) is 0 Å². The number of aryl methyl sites for hydroxylation is 3. The number of carbonyl (C=O) groups excluding carboxylic acids is 1. The second kappa shape index (κ2) is 9.03. The van der Waals surface area contributed by atoms with Gasteiger partial charge in [0.25, 0.3) is 5.56 Å². The maximum absolute atomic E-state index is 13.5. The minimum absolute atomic E-state index is 0.0805. The number of benzene rings is 2. The van der Waals surface area contributed by atoms with Crippen LogP contribution in [0.25, 0.3) is 16.6 Å². The first-order valence-electron chi connectivity index (χ1n) is 10.4. The lowest BCUT2D eigenvalue weighted by molar-refractivity contribution is -0.113. The number of nitrogens with zero attached hydrogens (tertiary/aromatic N) is 4. The van der Waals surface area contributed by atoms with Crippen molar-refractivity contribution in [1.82, 2.24) is 19.3 Å². The Hall–Kier alpha value is -3.10. The van der Waals surface area contributed by atoms with Gasteiger partial charge >= 0.3 is 0 Å². The Labute approximate surface area is 200 Å². The van der Waals surface area contributed by atoms with Crippen LogP contribution in [0.15, 0.2) is 46.3 Å². The fourth-order valence-electron chi connectivity index (χ4n) is 3.69. The standard InChI is InChI=1S/C24H24ClN5O2S/c1-13-7-6-8-20(14(13)2)30-23(32)18-10-9-17(25)11-19(18)26-24(30)33-12-21(31)27-22-15(3)28-29(5)16(22)4/h6-11H,12H2,1-5H3,(H,27,31). The van der Waals surface area contributed by atoms with Gasteiger partial charge in [-0.3, -0.25) is 18.8 Å². The first-order chi connectivity index (χ1) is 15.7. The van der Waals surface area contributed by atoms with Crippen LogP contribution >= 0.6 is 23.4 Å². The molecule has 2 heterocycles. The summed E-state index contributed by atoms with van der Waals surface area (Å²) in [6.07, 6.45) is 0. The monoisotopic (exact) mass is 481 g/mol. The predicted molar refractivity (Wildman–Crippen MR) is 134 cm³/mol. The van der Waals surface area contributed by atoms with Gasteiger partial charge in [-0.1, -0.05) is 35.5 Å². The molecule has 0 aliphatic heterocycles. The zero-order valence-electron chi connectivity index (χ0n) is 19.1. The van der Waals surface area contributed by atoms with Gasteiger partial charge in [-0.05, 0) is 63.1 Å². The fourth-order valence-corrected chi connectivity index (χ4v) is 4.66. The van der Waals surface area contributed by atoms with Crippen molar-refractivity contribution < 1.29 is 4.79 Å². The molecule has 0 saturated carbocycles. The maximum Gasteiger partial charge on any atom is 0.266 e. The lowest BCUT2D eigenvalue weighted by Gasteiger charge is -2.16. The molecule has 2 aromatic heterocycles. The van der Waals surface area contributed by atoms with Gasteiger partial charge in [0.15, 0.2) is 5.16 Å². The zero-order chi connectivity index (χ0) is 23.9. The second-order valence-corrected chi connectivity index (χ2v) is 9.30. The first-order valence-corrected chi connectivity index (χ1v) is 11.8. The number of hydrogen-bond donors (Lipinski definition) is 1. The summed E-state index contributed by atoms with van der Waals surface area (Å²) < 4.78 is 3.31. The highest BCUT2D eigenvalue weighted by atomic mass is 35.5. The van der Waals surface area contributed by atoms with Crippen LogP contribution in [-0.2, 0) is 11.8 Å². The third-order valence-electron chi connectivity index (χ3n) is 5.72. The van der Waals surface area contributed by atoms with E-state index >= 15 is 0 Å². The van der Waals surface area contributed by atoms with Crippen molar-refractivity contribution in [1.29, 1.82) is 0 Å². The Bertz CT molecular complexity index is 1460. The Morgan fingerprint density at radius 2 is 1.91 bits per heavy atom. The van der Waals surface area contributed by atoms with Crippen LogP contribution in [0.1, 0.15) is 22.5 Å². The normalized spacial score (nSPS) is 11.2. The van der Waals surface area contributed by atoms with E-state index in [9.17, 15) is 9.59 Å². The fraction of sp³-hybridized carbons (Fsp3) is 0.250. The topological polar surface area (TPSA) is 81.8 Å². The predicted octanol–water partition coefficient (Wildman–Crippen LogP) is 4.74. The number of hydrogen-bond acceptors (Lipinski definition) is 5. The Morgan fingerprint density at radius 1 is 1.15 bits per heavy atom. The van der Waals surface area contributed by atoms with E-state index in [2.05, 4.69) is 10.4 Å². The Kier molecular flexibility index (Phi) is 6.32. The van der Waals surface area contributed by atoms with Gasteiger partial charge in [-0.2, -0.15) is 5.10 Å². The Balaban J connectivity index is 1.75. The van der Waals surface area contributed by atoms with E-state index in [1.807, 2.05) is 52.9 Å². The van der Waals surface area contributed by atoms with E-state index < -0.39 is 0 Å². The van der Waals surface area contributed by atoms with Crippen LogP contribution in [-0.4, -0.2) is 31.0 Å². The van der Waals surface area contributed by atoms with E-state index in [1.54, 1.807) is 27.4 Å². The molecular weight excluding hydrogens is 458 g/mol. The summed E-state index contributed by atoms with van der Waals surface area (Å²) in [7, 11) is 1.83. The van der Waals surface area contributed by atoms with E-state index in [0.717, 1.165) is 28.2 Å². The highest BCUT2D eigenvalue weighted by Gasteiger charge is 2.18. The number of carbonyl (C=O) groups is 1. The molecule has 170 valence electrons. The average Bonchev–Trinajstić information content (AvgIpc) is 3.00. The molecule has 0 unspecified atom stereocenters. The van der Waals surface area contributed by atoms with Gasteiger partial charge in [0.2, 0.25) is 5.91 Å². The number of nitrogens with one attached hydrogen (secondary N) is 1. The summed E-state index contributed by atoms with van der Waals surface area (Å²) in [5, 5.41) is 8.66. The molecular formula is C24H24ClN5O2S. The van der Waals surface area contributed by atoms with Gasteiger partial charge in [0, 0.05) is 12.1 Å². The van der Waals surface area contributed by atoms with Gasteiger partial charge in [-0.25, -0.2) is 4.98 Å². The molecule has 0 spiro atoms. The molecule has 0 radical (unpaired) electrons. The summed E-state index contributed by atoms with van der Waals surface area (Å²) in [5.74, 6) is -0.121.